The molecule has 2 aliphatic heterocycles. The summed E-state index contributed by atoms with van der Waals surface area (Å²) in [5, 5.41) is 3.54. The number of rotatable bonds is 5. The number of quaternary nitrogens is 1. The third-order valence-corrected chi connectivity index (χ3v) is 5.81. The molecule has 152 valence electrons. The van der Waals surface area contributed by atoms with Crippen LogP contribution in [0.3, 0.4) is 0 Å². The van der Waals surface area contributed by atoms with Crippen LogP contribution in [0.25, 0.3) is 0 Å². The number of methoxy groups -OCH3 is 1. The van der Waals surface area contributed by atoms with Gasteiger partial charge in [-0.25, -0.2) is 9.29 Å². The maximum absolute atomic E-state index is 13.2. The first-order chi connectivity index (χ1) is 14.0. The molecule has 0 spiro atoms. The molecule has 2 amide bonds. The van der Waals surface area contributed by atoms with E-state index >= 15 is 0 Å². The van der Waals surface area contributed by atoms with E-state index in [1.807, 2.05) is 24.3 Å². The summed E-state index contributed by atoms with van der Waals surface area (Å²) in [4.78, 5) is 27.7. The molecular weight excluding hydrogens is 373 g/mol. The zero-order valence-electron chi connectivity index (χ0n) is 16.4. The van der Waals surface area contributed by atoms with Crippen LogP contribution >= 0.6 is 0 Å². The van der Waals surface area contributed by atoms with E-state index in [2.05, 4.69) is 5.32 Å². The maximum Gasteiger partial charge on any atom is 0.292 e. The molecule has 0 unspecified atom stereocenters. The van der Waals surface area contributed by atoms with Gasteiger partial charge >= 0.3 is 0 Å². The fourth-order valence-corrected chi connectivity index (χ4v) is 4.22. The van der Waals surface area contributed by atoms with Gasteiger partial charge in [0.1, 0.15) is 11.6 Å². The molecule has 0 saturated carbocycles. The summed E-state index contributed by atoms with van der Waals surface area (Å²) in [5.74, 6) is 0.0437. The molecule has 29 heavy (non-hydrogen) atoms. The van der Waals surface area contributed by atoms with E-state index in [4.69, 9.17) is 4.74 Å². The second kappa shape index (κ2) is 8.21. The highest BCUT2D eigenvalue weighted by Crippen LogP contribution is 2.23. The summed E-state index contributed by atoms with van der Waals surface area (Å²) in [5.41, 5.74) is 1.49. The van der Waals surface area contributed by atoms with Crippen LogP contribution in [0.2, 0.25) is 0 Å². The molecule has 4 rings (SSSR count). The van der Waals surface area contributed by atoms with Gasteiger partial charge in [-0.05, 0) is 48.5 Å². The van der Waals surface area contributed by atoms with E-state index < -0.39 is 0 Å². The Morgan fingerprint density at radius 3 is 2.31 bits per heavy atom. The number of likely N-dealkylation sites (tertiary alicyclic amines) is 1. The minimum atomic E-state index is -0.388. The van der Waals surface area contributed by atoms with Crippen LogP contribution in [0.1, 0.15) is 19.3 Å². The second-order valence-corrected chi connectivity index (χ2v) is 7.61. The minimum Gasteiger partial charge on any atom is -0.497 e. The van der Waals surface area contributed by atoms with E-state index in [1.54, 1.807) is 7.11 Å². The number of hydrogen-bond acceptors (Lipinski definition) is 4. The van der Waals surface area contributed by atoms with Crippen molar-refractivity contribution in [1.82, 2.24) is 0 Å². The van der Waals surface area contributed by atoms with E-state index in [9.17, 15) is 14.0 Å². The van der Waals surface area contributed by atoms with E-state index in [0.717, 1.165) is 42.3 Å². The van der Waals surface area contributed by atoms with E-state index in [0.29, 0.717) is 11.7 Å². The van der Waals surface area contributed by atoms with Gasteiger partial charge < -0.3 is 15.0 Å². The van der Waals surface area contributed by atoms with Gasteiger partial charge in [-0.2, -0.15) is 0 Å². The van der Waals surface area contributed by atoms with Crippen molar-refractivity contribution in [3.8, 4) is 5.75 Å². The lowest BCUT2D eigenvalue weighted by molar-refractivity contribution is -0.919. The predicted octanol–water partition coefficient (Wildman–Crippen LogP) is 1.63. The molecule has 7 heteroatoms. The van der Waals surface area contributed by atoms with Gasteiger partial charge in [-0.3, -0.25) is 9.59 Å². The van der Waals surface area contributed by atoms with Crippen LogP contribution in [0.4, 0.5) is 15.8 Å². The number of hydrogen-bond donors (Lipinski definition) is 2. The first-order valence-electron chi connectivity index (χ1n) is 9.92. The molecule has 1 atom stereocenters. The van der Waals surface area contributed by atoms with Crippen LogP contribution < -0.4 is 19.9 Å². The number of halogens is 1. The van der Waals surface area contributed by atoms with Crippen molar-refractivity contribution in [2.75, 3.05) is 30.4 Å². The number of piperidine rings is 1. The van der Waals surface area contributed by atoms with Crippen molar-refractivity contribution in [2.24, 2.45) is 0 Å². The molecule has 0 aliphatic carbocycles. The number of benzene rings is 2. The Bertz CT molecular complexity index is 877. The highest BCUT2D eigenvalue weighted by molar-refractivity contribution is 6.21. The van der Waals surface area contributed by atoms with Gasteiger partial charge in [0.15, 0.2) is 6.04 Å². The quantitative estimate of drug-likeness (QED) is 0.752. The molecule has 2 fully saturated rings. The number of carbonyl (C=O) groups excluding carboxylic acids is 2. The molecule has 2 saturated heterocycles. The van der Waals surface area contributed by atoms with Crippen LogP contribution in [0.15, 0.2) is 48.5 Å². The molecule has 2 aromatic rings. The van der Waals surface area contributed by atoms with Crippen molar-refractivity contribution in [1.29, 1.82) is 0 Å². The van der Waals surface area contributed by atoms with Gasteiger partial charge in [-0.15, -0.1) is 0 Å². The van der Waals surface area contributed by atoms with Crippen molar-refractivity contribution in [2.45, 2.75) is 31.3 Å². The van der Waals surface area contributed by atoms with Crippen LogP contribution in [0, 0.1) is 5.82 Å². The zero-order valence-corrected chi connectivity index (χ0v) is 16.4. The fourth-order valence-electron chi connectivity index (χ4n) is 4.22. The highest BCUT2D eigenvalue weighted by atomic mass is 19.1. The lowest BCUT2D eigenvalue weighted by Crippen LogP contribution is -3.17. The summed E-state index contributed by atoms with van der Waals surface area (Å²) >= 11 is 0. The average molecular weight is 398 g/mol. The number of carbonyl (C=O) groups is 2. The lowest BCUT2D eigenvalue weighted by atomic mass is 10.0. The SMILES string of the molecule is COc1ccc(NC2CC[NH+]([C@H]3CC(=O)N(c4ccc(F)cc4)C3=O)CC2)cc1. The smallest absolute Gasteiger partial charge is 0.292 e. The third-order valence-electron chi connectivity index (χ3n) is 5.81. The lowest BCUT2D eigenvalue weighted by Gasteiger charge is -2.32. The zero-order chi connectivity index (χ0) is 20.4. The number of amides is 2. The van der Waals surface area contributed by atoms with Gasteiger partial charge in [0, 0.05) is 24.6 Å². The Balaban J connectivity index is 1.35. The topological polar surface area (TPSA) is 63.1 Å². The van der Waals surface area contributed by atoms with E-state index in [-0.39, 0.29) is 30.1 Å². The Morgan fingerprint density at radius 2 is 1.69 bits per heavy atom. The molecule has 0 aromatic heterocycles. The third kappa shape index (κ3) is 4.10. The molecule has 2 aromatic carbocycles. The number of anilines is 2. The maximum atomic E-state index is 13.2. The van der Waals surface area contributed by atoms with Gasteiger partial charge in [0.05, 0.1) is 32.3 Å². The largest absolute Gasteiger partial charge is 0.497 e. The fraction of sp³-hybridized carbons (Fsp3) is 0.364. The first-order valence-corrected chi connectivity index (χ1v) is 9.92. The monoisotopic (exact) mass is 398 g/mol. The normalized spacial score (nSPS) is 24.6. The van der Waals surface area contributed by atoms with Gasteiger partial charge in [-0.1, -0.05) is 0 Å². The molecule has 2 aliphatic rings. The Labute approximate surface area is 169 Å². The Kier molecular flexibility index (Phi) is 5.49. The summed E-state index contributed by atoms with van der Waals surface area (Å²) in [6, 6.07) is 13.3. The van der Waals surface area contributed by atoms with Gasteiger partial charge in [0.2, 0.25) is 5.91 Å². The molecule has 2 heterocycles. The molecule has 0 bridgehead atoms. The number of nitrogens with zero attached hydrogens (tertiary/aromatic N) is 1. The molecular formula is C22H25FN3O3+. The van der Waals surface area contributed by atoms with Crippen molar-refractivity contribution in [3.05, 3.63) is 54.3 Å². The summed E-state index contributed by atoms with van der Waals surface area (Å²) in [6.45, 7) is 1.66. The molecule has 2 N–H and O–H groups in total. The molecule has 0 radical (unpaired) electrons. The average Bonchev–Trinajstić information content (AvgIpc) is 3.04. The van der Waals surface area contributed by atoms with Crippen molar-refractivity contribution < 1.29 is 23.6 Å². The number of imide groups is 1. The van der Waals surface area contributed by atoms with Crippen LogP contribution in [-0.2, 0) is 9.59 Å². The Morgan fingerprint density at radius 1 is 1.03 bits per heavy atom. The second-order valence-electron chi connectivity index (χ2n) is 7.61. The van der Waals surface area contributed by atoms with Crippen LogP contribution in [0.5, 0.6) is 5.75 Å². The highest BCUT2D eigenvalue weighted by Gasteiger charge is 2.46. The summed E-state index contributed by atoms with van der Waals surface area (Å²) in [7, 11) is 1.65. The Hall–Kier alpha value is -2.93. The summed E-state index contributed by atoms with van der Waals surface area (Å²) in [6.07, 6.45) is 2.06. The van der Waals surface area contributed by atoms with Crippen molar-refractivity contribution >= 4 is 23.2 Å². The first kappa shape index (κ1) is 19.4. The predicted molar refractivity (Wildman–Crippen MR) is 108 cm³/mol. The number of ether oxygens (including phenoxy) is 1. The standard InChI is InChI=1S/C22H24FN3O3/c1-29-19-8-4-16(5-9-19)24-17-10-12-25(13-11-17)20-14-21(27)26(22(20)28)18-6-2-15(23)3-7-18/h2-9,17,20,24H,10-14H2,1H3/p+1/t20-/m0/s1. The van der Waals surface area contributed by atoms with Crippen molar-refractivity contribution in [3.63, 3.8) is 0 Å². The van der Waals surface area contributed by atoms with Gasteiger partial charge in [0.25, 0.3) is 5.91 Å². The molecule has 6 nitrogen and oxygen atoms in total. The van der Waals surface area contributed by atoms with Crippen LogP contribution in [-0.4, -0.2) is 44.1 Å². The summed E-state index contributed by atoms with van der Waals surface area (Å²) < 4.78 is 18.3. The number of nitrogens with one attached hydrogen (secondary N) is 2. The van der Waals surface area contributed by atoms with E-state index in [1.165, 1.54) is 29.2 Å². The minimum absolute atomic E-state index is 0.182.